The van der Waals surface area contributed by atoms with Crippen molar-refractivity contribution < 1.29 is 4.74 Å². The second-order valence-electron chi connectivity index (χ2n) is 5.09. The molecule has 0 bridgehead atoms. The first kappa shape index (κ1) is 13.7. The summed E-state index contributed by atoms with van der Waals surface area (Å²) in [6.45, 7) is 8.99. The molecule has 1 aliphatic heterocycles. The van der Waals surface area contributed by atoms with E-state index in [0.717, 1.165) is 48.8 Å². The Bertz CT molecular complexity index is 586. The topological polar surface area (TPSA) is 50.3 Å². The monoisotopic (exact) mass is 292 g/mol. The average molecular weight is 292 g/mol. The molecule has 0 saturated carbocycles. The van der Waals surface area contributed by atoms with Gasteiger partial charge >= 0.3 is 0 Å². The van der Waals surface area contributed by atoms with Crippen molar-refractivity contribution in [2.45, 2.75) is 20.0 Å². The van der Waals surface area contributed by atoms with E-state index in [2.05, 4.69) is 39.4 Å². The van der Waals surface area contributed by atoms with Gasteiger partial charge in [0.05, 0.1) is 22.9 Å². The van der Waals surface area contributed by atoms with Gasteiger partial charge in [0.2, 0.25) is 0 Å². The first-order valence-electron chi connectivity index (χ1n) is 7.04. The molecular formula is C14H20N4OS. The van der Waals surface area contributed by atoms with E-state index in [4.69, 9.17) is 4.74 Å². The summed E-state index contributed by atoms with van der Waals surface area (Å²) >= 11 is 1.69. The number of aromatic nitrogens is 2. The Hall–Kier alpha value is -1.24. The number of nitrogens with one attached hydrogen (secondary N) is 1. The highest BCUT2D eigenvalue weighted by molar-refractivity contribution is 7.18. The molecule has 1 fully saturated rings. The highest BCUT2D eigenvalue weighted by Gasteiger charge is 2.19. The smallest absolute Gasteiger partial charge is 0.147 e. The second kappa shape index (κ2) is 6.03. The number of anilines is 1. The minimum absolute atomic E-state index is 0.231. The maximum absolute atomic E-state index is 5.80. The average Bonchev–Trinajstić information content (AvgIpc) is 2.88. The highest BCUT2D eigenvalue weighted by Crippen LogP contribution is 2.28. The van der Waals surface area contributed by atoms with Gasteiger partial charge in [0, 0.05) is 19.6 Å². The molecule has 0 spiro atoms. The van der Waals surface area contributed by atoms with Crippen LogP contribution in [0.25, 0.3) is 10.2 Å². The number of hydrogen-bond acceptors (Lipinski definition) is 6. The van der Waals surface area contributed by atoms with Crippen molar-refractivity contribution in [3.8, 4) is 0 Å². The maximum Gasteiger partial charge on any atom is 0.147 e. The lowest BCUT2D eigenvalue weighted by molar-refractivity contribution is -0.0192. The van der Waals surface area contributed by atoms with Gasteiger partial charge in [0.25, 0.3) is 0 Å². The largest absolute Gasteiger partial charge is 0.374 e. The summed E-state index contributed by atoms with van der Waals surface area (Å²) in [6, 6.07) is 0. The summed E-state index contributed by atoms with van der Waals surface area (Å²) in [5, 5.41) is 5.55. The minimum Gasteiger partial charge on any atom is -0.374 e. The molecule has 2 aromatic rings. The Labute approximate surface area is 123 Å². The van der Waals surface area contributed by atoms with Gasteiger partial charge in [-0.3, -0.25) is 4.90 Å². The number of aryl methyl sites for hydroxylation is 1. The van der Waals surface area contributed by atoms with E-state index in [0.29, 0.717) is 0 Å². The number of fused-ring (bicyclic) bond motifs is 1. The molecule has 3 rings (SSSR count). The van der Waals surface area contributed by atoms with E-state index in [1.807, 2.05) is 0 Å². The van der Waals surface area contributed by atoms with Gasteiger partial charge in [0.1, 0.15) is 12.1 Å². The van der Waals surface area contributed by atoms with Crippen molar-refractivity contribution in [1.82, 2.24) is 14.9 Å². The zero-order valence-corrected chi connectivity index (χ0v) is 12.7. The van der Waals surface area contributed by atoms with Crippen LogP contribution in [0.2, 0.25) is 0 Å². The van der Waals surface area contributed by atoms with Gasteiger partial charge in [-0.05, 0) is 24.4 Å². The third-order valence-electron chi connectivity index (χ3n) is 3.70. The van der Waals surface area contributed by atoms with Crippen molar-refractivity contribution in [2.24, 2.45) is 0 Å². The standard InChI is InChI=1S/C14H20N4OS/c1-3-18-4-5-19-11(7-18)6-15-14-13-12(16-9-17-14)10(2)8-20-13/h8-9,11H,3-7H2,1-2H3,(H,15,16,17). The quantitative estimate of drug-likeness (QED) is 0.935. The molecule has 0 aliphatic carbocycles. The van der Waals surface area contributed by atoms with Gasteiger partial charge in [0.15, 0.2) is 0 Å². The lowest BCUT2D eigenvalue weighted by Crippen LogP contribution is -2.45. The van der Waals surface area contributed by atoms with Crippen LogP contribution in [-0.4, -0.2) is 53.8 Å². The van der Waals surface area contributed by atoms with Crippen LogP contribution in [0.3, 0.4) is 0 Å². The number of morpholine rings is 1. The second-order valence-corrected chi connectivity index (χ2v) is 5.97. The molecule has 0 aromatic carbocycles. The van der Waals surface area contributed by atoms with Crippen LogP contribution < -0.4 is 5.32 Å². The van der Waals surface area contributed by atoms with Crippen LogP contribution in [0.1, 0.15) is 12.5 Å². The summed E-state index contributed by atoms with van der Waals surface area (Å²) in [5.74, 6) is 0.922. The molecule has 0 radical (unpaired) electrons. The normalized spacial score (nSPS) is 20.4. The zero-order valence-electron chi connectivity index (χ0n) is 11.9. The van der Waals surface area contributed by atoms with Crippen molar-refractivity contribution in [3.63, 3.8) is 0 Å². The van der Waals surface area contributed by atoms with E-state index in [1.165, 1.54) is 5.56 Å². The van der Waals surface area contributed by atoms with Crippen LogP contribution in [0.15, 0.2) is 11.7 Å². The van der Waals surface area contributed by atoms with E-state index in [9.17, 15) is 0 Å². The molecule has 1 saturated heterocycles. The first-order chi connectivity index (χ1) is 9.78. The first-order valence-corrected chi connectivity index (χ1v) is 7.92. The third-order valence-corrected chi connectivity index (χ3v) is 4.79. The van der Waals surface area contributed by atoms with Crippen molar-refractivity contribution in [2.75, 3.05) is 38.1 Å². The zero-order chi connectivity index (χ0) is 13.9. The maximum atomic E-state index is 5.80. The molecule has 0 amide bonds. The van der Waals surface area contributed by atoms with Crippen LogP contribution in [-0.2, 0) is 4.74 Å². The fourth-order valence-electron chi connectivity index (χ4n) is 2.50. The fraction of sp³-hybridized carbons (Fsp3) is 0.571. The summed E-state index contributed by atoms with van der Waals surface area (Å²) in [7, 11) is 0. The molecule has 1 N–H and O–H groups in total. The molecule has 3 heterocycles. The van der Waals surface area contributed by atoms with Crippen LogP contribution >= 0.6 is 11.3 Å². The van der Waals surface area contributed by atoms with Crippen molar-refractivity contribution in [1.29, 1.82) is 0 Å². The number of rotatable bonds is 4. The van der Waals surface area contributed by atoms with E-state index < -0.39 is 0 Å². The molecule has 5 nitrogen and oxygen atoms in total. The number of likely N-dealkylation sites (N-methyl/N-ethyl adjacent to an activating group) is 1. The Kier molecular flexibility index (Phi) is 4.14. The predicted molar refractivity (Wildman–Crippen MR) is 82.5 cm³/mol. The van der Waals surface area contributed by atoms with Crippen molar-refractivity contribution >= 4 is 27.4 Å². The predicted octanol–water partition coefficient (Wildman–Crippen LogP) is 2.13. The molecule has 1 atom stereocenters. The minimum atomic E-state index is 0.231. The van der Waals surface area contributed by atoms with Gasteiger partial charge in [-0.25, -0.2) is 9.97 Å². The van der Waals surface area contributed by atoms with E-state index in [-0.39, 0.29) is 6.10 Å². The Morgan fingerprint density at radius 1 is 1.50 bits per heavy atom. The third kappa shape index (κ3) is 2.77. The van der Waals surface area contributed by atoms with E-state index in [1.54, 1.807) is 17.7 Å². The van der Waals surface area contributed by atoms with Crippen LogP contribution in [0.4, 0.5) is 5.82 Å². The molecule has 1 unspecified atom stereocenters. The summed E-state index contributed by atoms with van der Waals surface area (Å²) in [4.78, 5) is 11.1. The van der Waals surface area contributed by atoms with Crippen LogP contribution in [0.5, 0.6) is 0 Å². The Morgan fingerprint density at radius 3 is 3.25 bits per heavy atom. The van der Waals surface area contributed by atoms with E-state index >= 15 is 0 Å². The molecule has 6 heteroatoms. The number of nitrogens with zero attached hydrogens (tertiary/aromatic N) is 3. The van der Waals surface area contributed by atoms with Gasteiger partial charge < -0.3 is 10.1 Å². The summed E-state index contributed by atoms with van der Waals surface area (Å²) in [6.07, 6.45) is 1.86. The van der Waals surface area contributed by atoms with Gasteiger partial charge in [-0.15, -0.1) is 11.3 Å². The molecule has 2 aromatic heterocycles. The molecule has 108 valence electrons. The number of thiophene rings is 1. The molecule has 1 aliphatic rings. The van der Waals surface area contributed by atoms with Gasteiger partial charge in [-0.2, -0.15) is 0 Å². The summed E-state index contributed by atoms with van der Waals surface area (Å²) < 4.78 is 6.94. The van der Waals surface area contributed by atoms with Crippen LogP contribution in [0, 0.1) is 6.92 Å². The fourth-order valence-corrected chi connectivity index (χ4v) is 3.47. The SMILES string of the molecule is CCN1CCOC(CNc2ncnc3c(C)csc23)C1. The summed E-state index contributed by atoms with van der Waals surface area (Å²) in [5.41, 5.74) is 2.26. The van der Waals surface area contributed by atoms with Crippen molar-refractivity contribution in [3.05, 3.63) is 17.3 Å². The lowest BCUT2D eigenvalue weighted by atomic mass is 10.2. The number of ether oxygens (including phenoxy) is 1. The lowest BCUT2D eigenvalue weighted by Gasteiger charge is -2.32. The molecule has 20 heavy (non-hydrogen) atoms. The Balaban J connectivity index is 1.68. The molecular weight excluding hydrogens is 272 g/mol. The number of hydrogen-bond donors (Lipinski definition) is 1. The highest BCUT2D eigenvalue weighted by atomic mass is 32.1. The Morgan fingerprint density at radius 2 is 2.40 bits per heavy atom. The van der Waals surface area contributed by atoms with Gasteiger partial charge in [-0.1, -0.05) is 6.92 Å².